The van der Waals surface area contributed by atoms with E-state index in [1.54, 1.807) is 0 Å². The highest BCUT2D eigenvalue weighted by Crippen LogP contribution is 2.53. The van der Waals surface area contributed by atoms with E-state index in [1.807, 2.05) is 11.3 Å². The zero-order chi connectivity index (χ0) is 15.5. The first-order chi connectivity index (χ1) is 9.98. The van der Waals surface area contributed by atoms with E-state index in [2.05, 4.69) is 48.1 Å². The van der Waals surface area contributed by atoms with Gasteiger partial charge in [0.25, 0.3) is 0 Å². The Morgan fingerprint density at radius 2 is 2.05 bits per heavy atom. The van der Waals surface area contributed by atoms with Crippen LogP contribution in [-0.4, -0.2) is 6.54 Å². The first kappa shape index (κ1) is 17.8. The molecule has 1 N–H and O–H groups in total. The van der Waals surface area contributed by atoms with Crippen molar-refractivity contribution in [3.63, 3.8) is 0 Å². The molecule has 0 aromatic carbocycles. The van der Waals surface area contributed by atoms with E-state index in [-0.39, 0.29) is 0 Å². The molecule has 1 aliphatic rings. The number of hydrogen-bond donors (Lipinski definition) is 1. The van der Waals surface area contributed by atoms with Crippen molar-refractivity contribution in [3.8, 4) is 0 Å². The average molecular weight is 393 g/mol. The van der Waals surface area contributed by atoms with Crippen molar-refractivity contribution >= 4 is 38.9 Å². The van der Waals surface area contributed by atoms with Gasteiger partial charge in [-0.25, -0.2) is 0 Å². The fourth-order valence-electron chi connectivity index (χ4n) is 3.92. The van der Waals surface area contributed by atoms with Gasteiger partial charge < -0.3 is 5.32 Å². The number of hydrogen-bond acceptors (Lipinski definition) is 2. The molecule has 1 aromatic rings. The van der Waals surface area contributed by atoms with Gasteiger partial charge in [0.15, 0.2) is 0 Å². The standard InChI is InChI=1S/C17H27BrClNS/c1-4-9-20-15(14-10-13(19)16(18)21-14)17(11-12(2)3)7-5-6-8-17/h10,12,15,20H,4-9,11H2,1-3H3. The largest absolute Gasteiger partial charge is 0.309 e. The van der Waals surface area contributed by atoms with Gasteiger partial charge in [-0.3, -0.25) is 0 Å². The minimum Gasteiger partial charge on any atom is -0.309 e. The van der Waals surface area contributed by atoms with Crippen LogP contribution >= 0.6 is 38.9 Å². The van der Waals surface area contributed by atoms with Crippen LogP contribution in [0, 0.1) is 11.3 Å². The summed E-state index contributed by atoms with van der Waals surface area (Å²) in [7, 11) is 0. The van der Waals surface area contributed by atoms with Crippen molar-refractivity contribution in [2.24, 2.45) is 11.3 Å². The molecule has 0 bridgehead atoms. The Hall–Kier alpha value is 0.430. The topological polar surface area (TPSA) is 12.0 Å². The predicted octanol–water partition coefficient (Wildman–Crippen LogP) is 6.81. The Kier molecular flexibility index (Phi) is 6.61. The molecule has 120 valence electrons. The highest BCUT2D eigenvalue weighted by Gasteiger charge is 2.42. The van der Waals surface area contributed by atoms with Crippen molar-refractivity contribution in [2.75, 3.05) is 6.54 Å². The monoisotopic (exact) mass is 391 g/mol. The number of halogens is 2. The lowest BCUT2D eigenvalue weighted by atomic mass is 9.72. The van der Waals surface area contributed by atoms with E-state index in [9.17, 15) is 0 Å². The van der Waals surface area contributed by atoms with Crippen LogP contribution in [-0.2, 0) is 0 Å². The summed E-state index contributed by atoms with van der Waals surface area (Å²) < 4.78 is 1.07. The van der Waals surface area contributed by atoms with Crippen LogP contribution in [0.5, 0.6) is 0 Å². The third-order valence-corrected chi connectivity index (χ3v) is 7.11. The molecular formula is C17H27BrClNS. The van der Waals surface area contributed by atoms with Gasteiger partial charge in [0.1, 0.15) is 0 Å². The minimum atomic E-state index is 0.414. The summed E-state index contributed by atoms with van der Waals surface area (Å²) in [5, 5.41) is 4.70. The van der Waals surface area contributed by atoms with Gasteiger partial charge in [-0.2, -0.15) is 0 Å². The number of thiophene rings is 1. The molecule has 1 atom stereocenters. The predicted molar refractivity (Wildman–Crippen MR) is 98.4 cm³/mol. The van der Waals surface area contributed by atoms with Gasteiger partial charge in [0.05, 0.1) is 8.81 Å². The summed E-state index contributed by atoms with van der Waals surface area (Å²) in [6.45, 7) is 8.03. The van der Waals surface area contributed by atoms with Crippen LogP contribution in [0.2, 0.25) is 5.02 Å². The smallest absolute Gasteiger partial charge is 0.0888 e. The zero-order valence-corrected chi connectivity index (χ0v) is 16.5. The molecule has 1 saturated carbocycles. The summed E-state index contributed by atoms with van der Waals surface area (Å²) in [4.78, 5) is 1.41. The third kappa shape index (κ3) is 4.25. The van der Waals surface area contributed by atoms with Crippen molar-refractivity contribution in [2.45, 2.75) is 65.3 Å². The highest BCUT2D eigenvalue weighted by atomic mass is 79.9. The van der Waals surface area contributed by atoms with E-state index in [0.29, 0.717) is 11.5 Å². The molecule has 0 aliphatic heterocycles. The van der Waals surface area contributed by atoms with Crippen molar-refractivity contribution in [1.82, 2.24) is 5.32 Å². The second-order valence-electron chi connectivity index (χ2n) is 6.82. The lowest BCUT2D eigenvalue weighted by Gasteiger charge is -2.39. The molecule has 21 heavy (non-hydrogen) atoms. The number of nitrogens with one attached hydrogen (secondary N) is 1. The molecule has 1 aliphatic carbocycles. The Morgan fingerprint density at radius 3 is 2.52 bits per heavy atom. The van der Waals surface area contributed by atoms with E-state index in [4.69, 9.17) is 11.6 Å². The molecule has 0 amide bonds. The summed E-state index contributed by atoms with van der Waals surface area (Å²) in [6.07, 6.45) is 7.92. The maximum Gasteiger partial charge on any atom is 0.0888 e. The highest BCUT2D eigenvalue weighted by molar-refractivity contribution is 9.11. The van der Waals surface area contributed by atoms with Crippen LogP contribution in [0.1, 0.15) is 70.2 Å². The van der Waals surface area contributed by atoms with E-state index >= 15 is 0 Å². The molecule has 4 heteroatoms. The summed E-state index contributed by atoms with van der Waals surface area (Å²) >= 11 is 11.7. The van der Waals surface area contributed by atoms with E-state index in [0.717, 1.165) is 21.3 Å². The fourth-order valence-corrected chi connectivity index (χ4v) is 5.88. The fraction of sp³-hybridized carbons (Fsp3) is 0.765. The molecule has 0 radical (unpaired) electrons. The Balaban J connectivity index is 2.32. The molecule has 0 spiro atoms. The second-order valence-corrected chi connectivity index (χ2v) is 9.63. The molecule has 2 rings (SSSR count). The van der Waals surface area contributed by atoms with Crippen LogP contribution in [0.3, 0.4) is 0 Å². The molecule has 0 saturated heterocycles. The minimum absolute atomic E-state index is 0.414. The first-order valence-electron chi connectivity index (χ1n) is 8.16. The SMILES string of the molecule is CCCNC(c1cc(Cl)c(Br)s1)C1(CC(C)C)CCCC1. The van der Waals surface area contributed by atoms with E-state index in [1.165, 1.54) is 43.4 Å². The molecule has 1 heterocycles. The lowest BCUT2D eigenvalue weighted by Crippen LogP contribution is -2.37. The van der Waals surface area contributed by atoms with Crippen molar-refractivity contribution < 1.29 is 0 Å². The summed E-state index contributed by atoms with van der Waals surface area (Å²) in [5.41, 5.74) is 0.414. The van der Waals surface area contributed by atoms with Crippen LogP contribution < -0.4 is 5.32 Å². The summed E-state index contributed by atoms with van der Waals surface area (Å²) in [6, 6.07) is 2.63. The number of rotatable bonds is 7. The quantitative estimate of drug-likeness (QED) is 0.537. The maximum absolute atomic E-state index is 6.30. The van der Waals surface area contributed by atoms with Gasteiger partial charge in [-0.1, -0.05) is 45.2 Å². The van der Waals surface area contributed by atoms with Crippen molar-refractivity contribution in [3.05, 3.63) is 19.8 Å². The van der Waals surface area contributed by atoms with Gasteiger partial charge in [-0.15, -0.1) is 11.3 Å². The Labute approximate surface area is 147 Å². The van der Waals surface area contributed by atoms with Gasteiger partial charge in [0.2, 0.25) is 0 Å². The Morgan fingerprint density at radius 1 is 1.38 bits per heavy atom. The zero-order valence-electron chi connectivity index (χ0n) is 13.3. The lowest BCUT2D eigenvalue weighted by molar-refractivity contribution is 0.158. The van der Waals surface area contributed by atoms with Crippen LogP contribution in [0.15, 0.2) is 9.85 Å². The molecule has 1 fully saturated rings. The van der Waals surface area contributed by atoms with Gasteiger partial charge in [0, 0.05) is 10.9 Å². The van der Waals surface area contributed by atoms with Crippen LogP contribution in [0.25, 0.3) is 0 Å². The van der Waals surface area contributed by atoms with Gasteiger partial charge >= 0.3 is 0 Å². The van der Waals surface area contributed by atoms with Gasteiger partial charge in [-0.05, 0) is 65.6 Å². The third-order valence-electron chi connectivity index (χ3n) is 4.57. The second kappa shape index (κ2) is 7.81. The molecule has 1 unspecified atom stereocenters. The van der Waals surface area contributed by atoms with Crippen molar-refractivity contribution in [1.29, 1.82) is 0 Å². The van der Waals surface area contributed by atoms with Crippen LogP contribution in [0.4, 0.5) is 0 Å². The normalized spacial score (nSPS) is 19.3. The first-order valence-corrected chi connectivity index (χ1v) is 10.2. The summed E-state index contributed by atoms with van der Waals surface area (Å²) in [5.74, 6) is 0.743. The molecule has 1 nitrogen and oxygen atoms in total. The average Bonchev–Trinajstić information content (AvgIpc) is 2.98. The maximum atomic E-state index is 6.30. The molecule has 1 aromatic heterocycles. The Bertz CT molecular complexity index is 432. The van der Waals surface area contributed by atoms with E-state index < -0.39 is 0 Å². The molecular weight excluding hydrogens is 366 g/mol.